The molecule has 0 aliphatic rings. The maximum atomic E-state index is 12.1. The molecule has 0 aromatic rings. The van der Waals surface area contributed by atoms with Crippen molar-refractivity contribution >= 4 is 5.91 Å². The quantitative estimate of drug-likeness (QED) is 0.167. The molecule has 4 heteroatoms. The van der Waals surface area contributed by atoms with E-state index in [0.717, 1.165) is 51.4 Å². The normalized spacial score (nSPS) is 14.8. The number of amides is 1. The molecule has 0 bridgehead atoms. The van der Waals surface area contributed by atoms with E-state index in [1.54, 1.807) is 6.08 Å². The number of allylic oxidation sites excluding steroid dienone is 11. The summed E-state index contributed by atoms with van der Waals surface area (Å²) in [6, 6.07) is -0.674. The van der Waals surface area contributed by atoms with Gasteiger partial charge in [0.1, 0.15) is 0 Å². The van der Waals surface area contributed by atoms with Crippen molar-refractivity contribution in [3.05, 3.63) is 72.9 Å². The third kappa shape index (κ3) is 19.8. The van der Waals surface area contributed by atoms with Crippen molar-refractivity contribution in [2.24, 2.45) is 0 Å². The Labute approximate surface area is 196 Å². The van der Waals surface area contributed by atoms with Gasteiger partial charge in [-0.25, -0.2) is 0 Å². The lowest BCUT2D eigenvalue weighted by atomic mass is 10.1. The summed E-state index contributed by atoms with van der Waals surface area (Å²) in [6.45, 7) is 3.98. The second kappa shape index (κ2) is 23.5. The SMILES string of the molecule is CC/C=C\C/C=C\C/C=C\C/C=C\CCC(=O)NC(CO)C(O)/C=C/CC/C=C/CCC. The number of nitrogens with one attached hydrogen (secondary N) is 1. The average Bonchev–Trinajstić information content (AvgIpc) is 2.79. The topological polar surface area (TPSA) is 69.6 Å². The van der Waals surface area contributed by atoms with Crippen LogP contribution in [0.4, 0.5) is 0 Å². The van der Waals surface area contributed by atoms with Crippen LogP contribution in [0.15, 0.2) is 72.9 Å². The largest absolute Gasteiger partial charge is 0.394 e. The Hall–Kier alpha value is -2.17. The zero-order valence-electron chi connectivity index (χ0n) is 20.2. The lowest BCUT2D eigenvalue weighted by Gasteiger charge is -2.19. The number of aliphatic hydroxyl groups excluding tert-OH is 2. The van der Waals surface area contributed by atoms with Crippen molar-refractivity contribution in [1.29, 1.82) is 0 Å². The Bertz CT molecular complexity index is 614. The molecule has 3 N–H and O–H groups in total. The summed E-state index contributed by atoms with van der Waals surface area (Å²) in [5, 5.41) is 22.4. The van der Waals surface area contributed by atoms with Crippen molar-refractivity contribution < 1.29 is 15.0 Å². The highest BCUT2D eigenvalue weighted by molar-refractivity contribution is 5.76. The van der Waals surface area contributed by atoms with E-state index in [0.29, 0.717) is 12.8 Å². The third-order valence-corrected chi connectivity index (χ3v) is 4.67. The fraction of sp³-hybridized carbons (Fsp3) is 0.536. The molecule has 180 valence electrons. The van der Waals surface area contributed by atoms with Crippen LogP contribution in [-0.4, -0.2) is 34.9 Å². The van der Waals surface area contributed by atoms with Gasteiger partial charge in [0.2, 0.25) is 5.91 Å². The first kappa shape index (κ1) is 29.8. The molecule has 0 heterocycles. The maximum absolute atomic E-state index is 12.1. The van der Waals surface area contributed by atoms with Gasteiger partial charge in [0.05, 0.1) is 18.8 Å². The van der Waals surface area contributed by atoms with Crippen LogP contribution < -0.4 is 5.32 Å². The molecule has 0 aliphatic heterocycles. The van der Waals surface area contributed by atoms with Crippen LogP contribution in [0, 0.1) is 0 Å². The fourth-order valence-electron chi connectivity index (χ4n) is 2.79. The molecular formula is C28H45NO3. The molecule has 0 fully saturated rings. The van der Waals surface area contributed by atoms with Gasteiger partial charge in [-0.05, 0) is 51.4 Å². The van der Waals surface area contributed by atoms with Crippen LogP contribution in [0.5, 0.6) is 0 Å². The standard InChI is InChI=1S/C28H45NO3/c1-3-5-7-9-11-12-13-14-15-16-18-20-22-24-28(32)29-26(25-30)27(31)23-21-19-17-10-8-6-4-2/h5,7-8,10-12,14-15,18,20-21,23,26-27,30-31H,3-4,6,9,13,16-17,19,22,24-25H2,1-2H3,(H,29,32)/b7-5-,10-8+,12-11-,15-14-,20-18-,23-21+. The maximum Gasteiger partial charge on any atom is 0.220 e. The van der Waals surface area contributed by atoms with Gasteiger partial charge in [0, 0.05) is 6.42 Å². The highest BCUT2D eigenvalue weighted by Crippen LogP contribution is 2.02. The molecule has 4 nitrogen and oxygen atoms in total. The van der Waals surface area contributed by atoms with Crippen LogP contribution in [-0.2, 0) is 4.79 Å². The summed E-state index contributed by atoms with van der Waals surface area (Å²) in [6.07, 6.45) is 32.8. The summed E-state index contributed by atoms with van der Waals surface area (Å²) >= 11 is 0. The smallest absolute Gasteiger partial charge is 0.220 e. The van der Waals surface area contributed by atoms with Crippen LogP contribution >= 0.6 is 0 Å². The van der Waals surface area contributed by atoms with Crippen molar-refractivity contribution in [1.82, 2.24) is 5.32 Å². The predicted octanol–water partition coefficient (Wildman–Crippen LogP) is 6.10. The van der Waals surface area contributed by atoms with Crippen LogP contribution in [0.1, 0.15) is 78.1 Å². The van der Waals surface area contributed by atoms with Gasteiger partial charge in [-0.3, -0.25) is 4.79 Å². The van der Waals surface area contributed by atoms with E-state index in [1.165, 1.54) is 0 Å². The molecule has 2 atom stereocenters. The number of hydrogen-bond acceptors (Lipinski definition) is 3. The lowest BCUT2D eigenvalue weighted by Crippen LogP contribution is -2.45. The first-order valence-corrected chi connectivity index (χ1v) is 12.2. The van der Waals surface area contributed by atoms with Crippen molar-refractivity contribution in [2.75, 3.05) is 6.61 Å². The number of hydrogen-bond donors (Lipinski definition) is 3. The third-order valence-electron chi connectivity index (χ3n) is 4.67. The zero-order chi connectivity index (χ0) is 23.7. The average molecular weight is 444 g/mol. The molecule has 0 rings (SSSR count). The fourth-order valence-corrected chi connectivity index (χ4v) is 2.79. The van der Waals surface area contributed by atoms with Gasteiger partial charge in [0.15, 0.2) is 0 Å². The minimum absolute atomic E-state index is 0.165. The number of aliphatic hydroxyl groups is 2. The second-order valence-electron chi connectivity index (χ2n) is 7.65. The van der Waals surface area contributed by atoms with E-state index in [4.69, 9.17) is 0 Å². The highest BCUT2D eigenvalue weighted by Gasteiger charge is 2.17. The summed E-state index contributed by atoms with van der Waals surface area (Å²) < 4.78 is 0. The molecular weight excluding hydrogens is 398 g/mol. The minimum atomic E-state index is -0.888. The monoisotopic (exact) mass is 443 g/mol. The van der Waals surface area contributed by atoms with Crippen LogP contribution in [0.3, 0.4) is 0 Å². The van der Waals surface area contributed by atoms with Crippen LogP contribution in [0.25, 0.3) is 0 Å². The van der Waals surface area contributed by atoms with E-state index in [-0.39, 0.29) is 12.5 Å². The number of carbonyl (C=O) groups excluding carboxylic acids is 1. The van der Waals surface area contributed by atoms with Gasteiger partial charge < -0.3 is 15.5 Å². The Balaban J connectivity index is 3.99. The number of unbranched alkanes of at least 4 members (excludes halogenated alkanes) is 2. The van der Waals surface area contributed by atoms with Gasteiger partial charge in [-0.2, -0.15) is 0 Å². The number of rotatable bonds is 19. The van der Waals surface area contributed by atoms with E-state index in [9.17, 15) is 15.0 Å². The summed E-state index contributed by atoms with van der Waals surface area (Å²) in [5.41, 5.74) is 0. The van der Waals surface area contributed by atoms with E-state index in [1.807, 2.05) is 18.2 Å². The Morgan fingerprint density at radius 2 is 1.28 bits per heavy atom. The van der Waals surface area contributed by atoms with Crippen LogP contribution in [0.2, 0.25) is 0 Å². The first-order chi connectivity index (χ1) is 15.7. The molecule has 0 aliphatic carbocycles. The molecule has 0 saturated carbocycles. The van der Waals surface area contributed by atoms with Crippen molar-refractivity contribution in [2.45, 2.75) is 90.2 Å². The summed E-state index contributed by atoms with van der Waals surface area (Å²) in [5.74, 6) is -0.165. The molecule has 32 heavy (non-hydrogen) atoms. The van der Waals surface area contributed by atoms with Gasteiger partial charge in [0.25, 0.3) is 0 Å². The summed E-state index contributed by atoms with van der Waals surface area (Å²) in [4.78, 5) is 12.1. The Morgan fingerprint density at radius 1 is 0.750 bits per heavy atom. The number of carbonyl (C=O) groups is 1. The van der Waals surface area contributed by atoms with Crippen molar-refractivity contribution in [3.8, 4) is 0 Å². The van der Waals surface area contributed by atoms with Gasteiger partial charge >= 0.3 is 0 Å². The van der Waals surface area contributed by atoms with Crippen molar-refractivity contribution in [3.63, 3.8) is 0 Å². The highest BCUT2D eigenvalue weighted by atomic mass is 16.3. The zero-order valence-corrected chi connectivity index (χ0v) is 20.2. The summed E-state index contributed by atoms with van der Waals surface area (Å²) in [7, 11) is 0. The molecule has 0 aromatic heterocycles. The van der Waals surface area contributed by atoms with Gasteiger partial charge in [-0.15, -0.1) is 0 Å². The molecule has 1 amide bonds. The predicted molar refractivity (Wildman–Crippen MR) is 137 cm³/mol. The lowest BCUT2D eigenvalue weighted by molar-refractivity contribution is -0.122. The minimum Gasteiger partial charge on any atom is -0.394 e. The molecule has 0 saturated heterocycles. The second-order valence-corrected chi connectivity index (χ2v) is 7.65. The Morgan fingerprint density at radius 3 is 1.88 bits per heavy atom. The van der Waals surface area contributed by atoms with E-state index >= 15 is 0 Å². The molecule has 0 aromatic carbocycles. The Kier molecular flexibility index (Phi) is 21.9. The van der Waals surface area contributed by atoms with E-state index in [2.05, 4.69) is 67.8 Å². The molecule has 0 radical (unpaired) electrons. The molecule has 2 unspecified atom stereocenters. The van der Waals surface area contributed by atoms with E-state index < -0.39 is 12.1 Å². The first-order valence-electron chi connectivity index (χ1n) is 12.2. The molecule has 0 spiro atoms. The van der Waals surface area contributed by atoms with Gasteiger partial charge in [-0.1, -0.05) is 93.2 Å².